The van der Waals surface area contributed by atoms with Crippen molar-refractivity contribution >= 4 is 27.5 Å². The van der Waals surface area contributed by atoms with E-state index in [-0.39, 0.29) is 17.3 Å². The fourth-order valence-corrected chi connectivity index (χ4v) is 3.44. The molecule has 1 N–H and O–H groups in total. The van der Waals surface area contributed by atoms with Gasteiger partial charge in [0.15, 0.2) is 0 Å². The maximum atomic E-state index is 12.8. The van der Waals surface area contributed by atoms with E-state index in [9.17, 15) is 18.0 Å². The number of anilines is 1. The van der Waals surface area contributed by atoms with Gasteiger partial charge in [-0.05, 0) is 70.5 Å². The molecule has 6 nitrogen and oxygen atoms in total. The molecule has 1 aromatic heterocycles. The number of benzene rings is 3. The Morgan fingerprint density at radius 2 is 1.64 bits per heavy atom. The second-order valence-corrected chi connectivity index (χ2v) is 7.69. The number of carbonyl (C=O) groups excluding carboxylic acids is 1. The molecule has 0 bridgehead atoms. The van der Waals surface area contributed by atoms with Gasteiger partial charge in [-0.15, -0.1) is 10.2 Å². The van der Waals surface area contributed by atoms with E-state index in [1.807, 2.05) is 0 Å². The summed E-state index contributed by atoms with van der Waals surface area (Å²) < 4.78 is 50.1. The van der Waals surface area contributed by atoms with Gasteiger partial charge in [-0.25, -0.2) is 0 Å². The third-order valence-electron chi connectivity index (χ3n) is 4.71. The van der Waals surface area contributed by atoms with Crippen LogP contribution in [0.5, 0.6) is 5.75 Å². The molecule has 1 heterocycles. The fourth-order valence-electron chi connectivity index (χ4n) is 3.02. The zero-order valence-corrected chi connectivity index (χ0v) is 18.6. The van der Waals surface area contributed by atoms with E-state index in [1.54, 1.807) is 49.6 Å². The number of halogens is 4. The monoisotopic (exact) mass is 517 g/mol. The maximum absolute atomic E-state index is 12.8. The first-order valence-electron chi connectivity index (χ1n) is 9.51. The molecule has 0 aliphatic rings. The van der Waals surface area contributed by atoms with E-state index >= 15 is 0 Å². The van der Waals surface area contributed by atoms with Crippen molar-refractivity contribution in [3.05, 3.63) is 82.3 Å². The number of hydrogen-bond acceptors (Lipinski definition) is 5. The van der Waals surface area contributed by atoms with Crippen molar-refractivity contribution in [3.8, 4) is 28.7 Å². The second kappa shape index (κ2) is 9.07. The predicted octanol–water partition coefficient (Wildman–Crippen LogP) is 6.45. The Balaban J connectivity index is 1.61. The number of rotatable bonds is 5. The van der Waals surface area contributed by atoms with Crippen LogP contribution in [-0.4, -0.2) is 23.2 Å². The van der Waals surface area contributed by atoms with Crippen molar-refractivity contribution in [1.29, 1.82) is 0 Å². The largest absolute Gasteiger partial charge is 0.497 e. The summed E-state index contributed by atoms with van der Waals surface area (Å²) in [6, 6.07) is 16.0. The molecule has 168 valence electrons. The Morgan fingerprint density at radius 1 is 0.970 bits per heavy atom. The van der Waals surface area contributed by atoms with Gasteiger partial charge in [0.1, 0.15) is 5.75 Å². The number of ether oxygens (including phenoxy) is 1. The highest BCUT2D eigenvalue weighted by molar-refractivity contribution is 9.10. The molecule has 3 aromatic carbocycles. The van der Waals surface area contributed by atoms with Crippen molar-refractivity contribution in [1.82, 2.24) is 10.2 Å². The van der Waals surface area contributed by atoms with Crippen LogP contribution in [0.1, 0.15) is 15.9 Å². The minimum absolute atomic E-state index is 0.0735. The molecule has 0 spiro atoms. The number of hydrogen-bond donors (Lipinski definition) is 1. The highest BCUT2D eigenvalue weighted by Crippen LogP contribution is 2.34. The number of carbonyl (C=O) groups is 1. The number of alkyl halides is 3. The van der Waals surface area contributed by atoms with E-state index in [2.05, 4.69) is 31.4 Å². The zero-order valence-electron chi connectivity index (χ0n) is 17.0. The Labute approximate surface area is 194 Å². The minimum atomic E-state index is -4.48. The summed E-state index contributed by atoms with van der Waals surface area (Å²) in [5.74, 6) is 0.422. The van der Waals surface area contributed by atoms with Gasteiger partial charge in [-0.2, -0.15) is 13.2 Å². The molecule has 0 saturated carbocycles. The quantitative estimate of drug-likeness (QED) is 0.329. The van der Waals surface area contributed by atoms with E-state index in [0.717, 1.165) is 28.7 Å². The maximum Gasteiger partial charge on any atom is 0.416 e. The highest BCUT2D eigenvalue weighted by atomic mass is 79.9. The zero-order chi connectivity index (χ0) is 23.6. The number of methoxy groups -OCH3 is 1. The Morgan fingerprint density at radius 3 is 2.30 bits per heavy atom. The highest BCUT2D eigenvalue weighted by Gasteiger charge is 2.30. The lowest BCUT2D eigenvalue weighted by molar-refractivity contribution is -0.137. The lowest BCUT2D eigenvalue weighted by Crippen LogP contribution is -2.13. The summed E-state index contributed by atoms with van der Waals surface area (Å²) >= 11 is 3.44. The van der Waals surface area contributed by atoms with Crippen LogP contribution >= 0.6 is 15.9 Å². The van der Waals surface area contributed by atoms with Crippen LogP contribution in [0.15, 0.2) is 75.6 Å². The number of nitrogens with zero attached hydrogens (tertiary/aromatic N) is 2. The molecular formula is C23H15BrF3N3O3. The normalized spacial score (nSPS) is 11.3. The summed E-state index contributed by atoms with van der Waals surface area (Å²) in [5, 5.41) is 10.9. The molecule has 4 aromatic rings. The van der Waals surface area contributed by atoms with E-state index in [0.29, 0.717) is 22.6 Å². The third kappa shape index (κ3) is 4.90. The predicted molar refractivity (Wildman–Crippen MR) is 119 cm³/mol. The van der Waals surface area contributed by atoms with Gasteiger partial charge in [0.2, 0.25) is 11.8 Å². The van der Waals surface area contributed by atoms with Crippen molar-refractivity contribution in [2.75, 3.05) is 12.4 Å². The van der Waals surface area contributed by atoms with Crippen LogP contribution in [-0.2, 0) is 6.18 Å². The van der Waals surface area contributed by atoms with Crippen LogP contribution in [0.4, 0.5) is 18.9 Å². The van der Waals surface area contributed by atoms with Crippen molar-refractivity contribution < 1.29 is 27.1 Å². The Hall–Kier alpha value is -3.66. The SMILES string of the molecule is COc1ccc(Br)c(-c2nnc(-c3ccccc3NC(=O)c3ccc(C(F)(F)F)cc3)o2)c1. The van der Waals surface area contributed by atoms with Crippen LogP contribution in [0, 0.1) is 0 Å². The fraction of sp³-hybridized carbons (Fsp3) is 0.0870. The van der Waals surface area contributed by atoms with Gasteiger partial charge < -0.3 is 14.5 Å². The minimum Gasteiger partial charge on any atom is -0.497 e. The summed E-state index contributed by atoms with van der Waals surface area (Å²) in [6.45, 7) is 0. The van der Waals surface area contributed by atoms with Crippen LogP contribution < -0.4 is 10.1 Å². The molecule has 0 atom stereocenters. The molecule has 0 aliphatic heterocycles. The van der Waals surface area contributed by atoms with Crippen molar-refractivity contribution in [2.45, 2.75) is 6.18 Å². The van der Waals surface area contributed by atoms with Gasteiger partial charge in [0.25, 0.3) is 5.91 Å². The summed E-state index contributed by atoms with van der Waals surface area (Å²) in [5.41, 5.74) is 0.683. The molecule has 0 unspecified atom stereocenters. The lowest BCUT2D eigenvalue weighted by Gasteiger charge is -2.10. The molecule has 0 saturated heterocycles. The molecule has 0 fully saturated rings. The van der Waals surface area contributed by atoms with Gasteiger partial charge in [0, 0.05) is 10.0 Å². The first-order valence-corrected chi connectivity index (χ1v) is 10.3. The van der Waals surface area contributed by atoms with E-state index in [4.69, 9.17) is 9.15 Å². The smallest absolute Gasteiger partial charge is 0.416 e. The first-order chi connectivity index (χ1) is 15.8. The Bertz CT molecular complexity index is 1300. The topological polar surface area (TPSA) is 77.3 Å². The van der Waals surface area contributed by atoms with Gasteiger partial charge in [-0.1, -0.05) is 12.1 Å². The van der Waals surface area contributed by atoms with Gasteiger partial charge in [-0.3, -0.25) is 4.79 Å². The number of nitrogens with one attached hydrogen (secondary N) is 1. The van der Waals surface area contributed by atoms with Crippen molar-refractivity contribution in [2.24, 2.45) is 0 Å². The second-order valence-electron chi connectivity index (χ2n) is 6.83. The summed E-state index contributed by atoms with van der Waals surface area (Å²) in [7, 11) is 1.54. The molecule has 10 heteroatoms. The molecule has 0 aliphatic carbocycles. The lowest BCUT2D eigenvalue weighted by atomic mass is 10.1. The molecule has 1 amide bonds. The van der Waals surface area contributed by atoms with Gasteiger partial charge in [0.05, 0.1) is 29.5 Å². The molecule has 0 radical (unpaired) electrons. The van der Waals surface area contributed by atoms with Crippen LogP contribution in [0.25, 0.3) is 22.9 Å². The molecule has 33 heavy (non-hydrogen) atoms. The first kappa shape index (κ1) is 22.5. The van der Waals surface area contributed by atoms with Crippen LogP contribution in [0.2, 0.25) is 0 Å². The number of para-hydroxylation sites is 1. The average Bonchev–Trinajstić information content (AvgIpc) is 3.29. The summed E-state index contributed by atoms with van der Waals surface area (Å²) in [4.78, 5) is 12.6. The third-order valence-corrected chi connectivity index (χ3v) is 5.40. The Kier molecular flexibility index (Phi) is 6.19. The standard InChI is InChI=1S/C23H15BrF3N3O3/c1-32-15-10-11-18(24)17(12-15)22-30-29-21(33-22)16-4-2-3-5-19(16)28-20(31)13-6-8-14(9-7-13)23(25,26)27/h2-12H,1H3,(H,28,31). The van der Waals surface area contributed by atoms with Crippen molar-refractivity contribution in [3.63, 3.8) is 0 Å². The van der Waals surface area contributed by atoms with E-state index in [1.165, 1.54) is 0 Å². The number of aromatic nitrogens is 2. The number of amides is 1. The molecular weight excluding hydrogens is 503 g/mol. The average molecular weight is 518 g/mol. The van der Waals surface area contributed by atoms with Crippen LogP contribution in [0.3, 0.4) is 0 Å². The summed E-state index contributed by atoms with van der Waals surface area (Å²) in [6.07, 6.45) is -4.48. The van der Waals surface area contributed by atoms with Gasteiger partial charge >= 0.3 is 6.18 Å². The van der Waals surface area contributed by atoms with E-state index < -0.39 is 17.6 Å². The molecule has 4 rings (SSSR count).